The van der Waals surface area contributed by atoms with Crippen molar-refractivity contribution in [2.45, 2.75) is 6.92 Å². The molecule has 0 atom stereocenters. The summed E-state index contributed by atoms with van der Waals surface area (Å²) in [5, 5.41) is 12.6. The minimum atomic E-state index is -1.00. The number of nitrogens with one attached hydrogen (secondary N) is 1. The molecule has 2 aromatic rings. The van der Waals surface area contributed by atoms with Crippen molar-refractivity contribution in [2.75, 3.05) is 12.4 Å². The van der Waals surface area contributed by atoms with Gasteiger partial charge in [-0.25, -0.2) is 9.78 Å². The Kier molecular flexibility index (Phi) is 4.10. The smallest absolute Gasteiger partial charge is 0.335 e. The highest BCUT2D eigenvalue weighted by molar-refractivity contribution is 6.31. The van der Waals surface area contributed by atoms with Crippen molar-refractivity contribution >= 4 is 29.1 Å². The second-order valence-electron chi connectivity index (χ2n) is 4.16. The van der Waals surface area contributed by atoms with Gasteiger partial charge >= 0.3 is 5.97 Å². The van der Waals surface area contributed by atoms with Crippen LogP contribution in [0.5, 0.6) is 5.75 Å². The van der Waals surface area contributed by atoms with Crippen molar-refractivity contribution in [3.8, 4) is 5.75 Å². The van der Waals surface area contributed by atoms with E-state index >= 15 is 0 Å². The van der Waals surface area contributed by atoms with E-state index in [9.17, 15) is 4.79 Å². The van der Waals surface area contributed by atoms with E-state index in [-0.39, 0.29) is 5.56 Å². The second kappa shape index (κ2) is 5.79. The monoisotopic (exact) mass is 292 g/mol. The summed E-state index contributed by atoms with van der Waals surface area (Å²) in [6, 6.07) is 6.39. The number of rotatable bonds is 4. The van der Waals surface area contributed by atoms with Gasteiger partial charge in [-0.05, 0) is 30.7 Å². The Morgan fingerprint density at radius 1 is 1.40 bits per heavy atom. The molecule has 1 heterocycles. The van der Waals surface area contributed by atoms with E-state index in [2.05, 4.69) is 10.3 Å². The van der Waals surface area contributed by atoms with Crippen LogP contribution in [-0.2, 0) is 0 Å². The number of benzene rings is 1. The number of aryl methyl sites for hydroxylation is 1. The minimum absolute atomic E-state index is 0.159. The number of carboxylic acid groups (broad SMARTS) is 1. The maximum absolute atomic E-state index is 10.9. The molecule has 0 radical (unpaired) electrons. The van der Waals surface area contributed by atoms with Crippen LogP contribution < -0.4 is 10.1 Å². The average Bonchev–Trinajstić information content (AvgIpc) is 2.43. The van der Waals surface area contributed by atoms with Crippen molar-refractivity contribution in [3.63, 3.8) is 0 Å². The lowest BCUT2D eigenvalue weighted by atomic mass is 10.2. The number of hydrogen-bond donors (Lipinski definition) is 2. The van der Waals surface area contributed by atoms with Crippen molar-refractivity contribution in [1.29, 1.82) is 0 Å². The molecule has 2 N–H and O–H groups in total. The van der Waals surface area contributed by atoms with Gasteiger partial charge in [0.05, 0.1) is 18.4 Å². The Balaban J connectivity index is 2.36. The topological polar surface area (TPSA) is 71.5 Å². The van der Waals surface area contributed by atoms with Crippen molar-refractivity contribution < 1.29 is 14.6 Å². The number of pyridine rings is 1. The lowest BCUT2D eigenvalue weighted by Gasteiger charge is -2.12. The maximum atomic E-state index is 10.9. The third-order valence-corrected chi connectivity index (χ3v) is 3.16. The summed E-state index contributed by atoms with van der Waals surface area (Å²) in [7, 11) is 1.53. The molecule has 0 aliphatic rings. The molecule has 20 heavy (non-hydrogen) atoms. The SMILES string of the molecule is COc1cc(Cl)c(C)cc1Nc1cc(C(=O)O)ccn1. The first-order valence-corrected chi connectivity index (χ1v) is 6.19. The molecular formula is C14H13ClN2O3. The van der Waals surface area contributed by atoms with Crippen LogP contribution in [0.15, 0.2) is 30.5 Å². The highest BCUT2D eigenvalue weighted by Crippen LogP contribution is 2.32. The van der Waals surface area contributed by atoms with E-state index in [0.717, 1.165) is 5.56 Å². The molecule has 0 unspecified atom stereocenters. The predicted octanol–water partition coefficient (Wildman–Crippen LogP) is 3.49. The molecular weight excluding hydrogens is 280 g/mol. The fraction of sp³-hybridized carbons (Fsp3) is 0.143. The lowest BCUT2D eigenvalue weighted by molar-refractivity contribution is 0.0697. The molecule has 104 valence electrons. The summed E-state index contributed by atoms with van der Waals surface area (Å²) in [6.45, 7) is 1.87. The van der Waals surface area contributed by atoms with Gasteiger partial charge in [0.25, 0.3) is 0 Å². The van der Waals surface area contributed by atoms with Gasteiger partial charge in [-0.1, -0.05) is 11.6 Å². The van der Waals surface area contributed by atoms with Crippen LogP contribution in [0.3, 0.4) is 0 Å². The summed E-state index contributed by atoms with van der Waals surface area (Å²) >= 11 is 6.03. The number of aromatic carboxylic acids is 1. The molecule has 2 rings (SSSR count). The average molecular weight is 293 g/mol. The van der Waals surface area contributed by atoms with Crippen molar-refractivity contribution in [1.82, 2.24) is 4.98 Å². The normalized spacial score (nSPS) is 10.2. The van der Waals surface area contributed by atoms with E-state index in [1.165, 1.54) is 25.4 Å². The highest BCUT2D eigenvalue weighted by atomic mass is 35.5. The zero-order chi connectivity index (χ0) is 14.7. The van der Waals surface area contributed by atoms with Gasteiger partial charge in [-0.3, -0.25) is 0 Å². The molecule has 0 fully saturated rings. The summed E-state index contributed by atoms with van der Waals surface area (Å²) in [5.41, 5.74) is 1.71. The van der Waals surface area contributed by atoms with Gasteiger partial charge in [0, 0.05) is 17.3 Å². The van der Waals surface area contributed by atoms with Crippen molar-refractivity contribution in [3.05, 3.63) is 46.6 Å². The summed E-state index contributed by atoms with van der Waals surface area (Å²) in [5.74, 6) is -0.0252. The maximum Gasteiger partial charge on any atom is 0.335 e. The van der Waals surface area contributed by atoms with Gasteiger partial charge in [-0.2, -0.15) is 0 Å². The van der Waals surface area contributed by atoms with E-state index in [0.29, 0.717) is 22.3 Å². The number of ether oxygens (including phenoxy) is 1. The fourth-order valence-electron chi connectivity index (χ4n) is 1.70. The zero-order valence-electron chi connectivity index (χ0n) is 11.0. The zero-order valence-corrected chi connectivity index (χ0v) is 11.7. The molecule has 0 saturated carbocycles. The molecule has 6 heteroatoms. The first-order chi connectivity index (χ1) is 9.51. The van der Waals surface area contributed by atoms with Gasteiger partial charge < -0.3 is 15.2 Å². The molecule has 0 bridgehead atoms. The van der Waals surface area contributed by atoms with Crippen LogP contribution in [0.2, 0.25) is 5.02 Å². The van der Waals surface area contributed by atoms with Crippen LogP contribution in [-0.4, -0.2) is 23.2 Å². The number of nitrogens with zero attached hydrogens (tertiary/aromatic N) is 1. The Labute approximate surface area is 121 Å². The molecule has 0 aliphatic carbocycles. The minimum Gasteiger partial charge on any atom is -0.495 e. The number of methoxy groups -OCH3 is 1. The van der Waals surface area contributed by atoms with Crippen LogP contribution in [0, 0.1) is 6.92 Å². The Bertz CT molecular complexity index is 659. The highest BCUT2D eigenvalue weighted by Gasteiger charge is 2.09. The van der Waals surface area contributed by atoms with E-state index in [1.807, 2.05) is 13.0 Å². The van der Waals surface area contributed by atoms with Crippen LogP contribution in [0.4, 0.5) is 11.5 Å². The van der Waals surface area contributed by atoms with Gasteiger partial charge in [-0.15, -0.1) is 0 Å². The molecule has 1 aromatic heterocycles. The van der Waals surface area contributed by atoms with Crippen LogP contribution >= 0.6 is 11.6 Å². The first kappa shape index (κ1) is 14.1. The number of hydrogen-bond acceptors (Lipinski definition) is 4. The van der Waals surface area contributed by atoms with Crippen LogP contribution in [0.1, 0.15) is 15.9 Å². The largest absolute Gasteiger partial charge is 0.495 e. The second-order valence-corrected chi connectivity index (χ2v) is 4.57. The Morgan fingerprint density at radius 2 is 2.15 bits per heavy atom. The first-order valence-electron chi connectivity index (χ1n) is 5.81. The predicted molar refractivity (Wildman–Crippen MR) is 77.2 cm³/mol. The van der Waals surface area contributed by atoms with Crippen molar-refractivity contribution in [2.24, 2.45) is 0 Å². The number of halogens is 1. The van der Waals surface area contributed by atoms with E-state index in [1.54, 1.807) is 6.07 Å². The van der Waals surface area contributed by atoms with Gasteiger partial charge in [0.15, 0.2) is 0 Å². The molecule has 5 nitrogen and oxygen atoms in total. The van der Waals surface area contributed by atoms with Gasteiger partial charge in [0.1, 0.15) is 11.6 Å². The Hall–Kier alpha value is -2.27. The number of carboxylic acids is 1. The Morgan fingerprint density at radius 3 is 2.80 bits per heavy atom. The lowest BCUT2D eigenvalue weighted by Crippen LogP contribution is -2.01. The number of aromatic nitrogens is 1. The van der Waals surface area contributed by atoms with E-state index in [4.69, 9.17) is 21.4 Å². The summed E-state index contributed by atoms with van der Waals surface area (Å²) in [6.07, 6.45) is 1.43. The quantitative estimate of drug-likeness (QED) is 0.902. The number of anilines is 2. The number of carbonyl (C=O) groups is 1. The van der Waals surface area contributed by atoms with Gasteiger partial charge in [0.2, 0.25) is 0 Å². The third-order valence-electron chi connectivity index (χ3n) is 2.75. The fourth-order valence-corrected chi connectivity index (χ4v) is 1.85. The van der Waals surface area contributed by atoms with E-state index < -0.39 is 5.97 Å². The molecule has 0 amide bonds. The molecule has 0 spiro atoms. The van der Waals surface area contributed by atoms with Crippen LogP contribution in [0.25, 0.3) is 0 Å². The summed E-state index contributed by atoms with van der Waals surface area (Å²) in [4.78, 5) is 15.0. The molecule has 0 aliphatic heterocycles. The third kappa shape index (κ3) is 3.00. The molecule has 0 saturated heterocycles. The standard InChI is InChI=1S/C14H13ClN2O3/c1-8-5-11(12(20-2)7-10(8)15)17-13-6-9(14(18)19)3-4-16-13/h3-7H,1-2H3,(H,16,17)(H,18,19). The summed E-state index contributed by atoms with van der Waals surface area (Å²) < 4.78 is 5.24. The molecule has 1 aromatic carbocycles.